The molecule has 0 aliphatic heterocycles. The Labute approximate surface area is 272 Å². The number of hydrogen-bond donors (Lipinski definition) is 0. The monoisotopic (exact) mass is 596 g/mol. The van der Waals surface area contributed by atoms with Gasteiger partial charge in [-0.05, 0) is 95.7 Å². The third-order valence-corrected chi connectivity index (χ3v) is 9.73. The molecule has 9 aromatic carbocycles. The van der Waals surface area contributed by atoms with E-state index >= 15 is 0 Å². The van der Waals surface area contributed by atoms with Crippen LogP contribution in [0.4, 0.5) is 0 Å². The van der Waals surface area contributed by atoms with Gasteiger partial charge in [-0.2, -0.15) is 0 Å². The summed E-state index contributed by atoms with van der Waals surface area (Å²) in [4.78, 5) is 5.24. The lowest BCUT2D eigenvalue weighted by Gasteiger charge is -2.15. The highest BCUT2D eigenvalue weighted by molar-refractivity contribution is 6.25. The molecule has 0 unspecified atom stereocenters. The van der Waals surface area contributed by atoms with Gasteiger partial charge in [0, 0.05) is 11.3 Å². The largest absolute Gasteiger partial charge is 0.292 e. The summed E-state index contributed by atoms with van der Waals surface area (Å²) in [5.74, 6) is 0.937. The fraction of sp³-hybridized carbons (Fsp3) is 0. The zero-order chi connectivity index (χ0) is 30.9. The molecule has 10 rings (SSSR count). The van der Waals surface area contributed by atoms with Gasteiger partial charge >= 0.3 is 0 Å². The Hall–Kier alpha value is -6.25. The average Bonchev–Trinajstić information content (AvgIpc) is 3.53. The first-order valence-corrected chi connectivity index (χ1v) is 16.1. The third-order valence-electron chi connectivity index (χ3n) is 9.73. The molecule has 0 aliphatic carbocycles. The van der Waals surface area contributed by atoms with E-state index in [9.17, 15) is 0 Å². The molecule has 2 heteroatoms. The molecule has 0 saturated carbocycles. The van der Waals surface area contributed by atoms with Gasteiger partial charge in [0.1, 0.15) is 5.82 Å². The van der Waals surface area contributed by atoms with Gasteiger partial charge < -0.3 is 0 Å². The van der Waals surface area contributed by atoms with Gasteiger partial charge in [0.05, 0.1) is 11.0 Å². The van der Waals surface area contributed by atoms with Gasteiger partial charge in [0.2, 0.25) is 0 Å². The van der Waals surface area contributed by atoms with Gasteiger partial charge in [0.15, 0.2) is 0 Å². The van der Waals surface area contributed by atoms with E-state index in [1.54, 1.807) is 0 Å². The van der Waals surface area contributed by atoms with Crippen LogP contribution in [-0.2, 0) is 0 Å². The number of aromatic nitrogens is 2. The first-order chi connectivity index (χ1) is 23.3. The maximum Gasteiger partial charge on any atom is 0.145 e. The molecule has 0 N–H and O–H groups in total. The minimum Gasteiger partial charge on any atom is -0.292 e. The van der Waals surface area contributed by atoms with E-state index in [0.29, 0.717) is 0 Å². The van der Waals surface area contributed by atoms with Crippen LogP contribution in [0.2, 0.25) is 0 Å². The predicted octanol–water partition coefficient (Wildman–Crippen LogP) is 12.1. The van der Waals surface area contributed by atoms with Crippen LogP contribution in [-0.4, -0.2) is 9.55 Å². The van der Waals surface area contributed by atoms with Gasteiger partial charge in [-0.1, -0.05) is 140 Å². The molecule has 0 saturated heterocycles. The Morgan fingerprint density at radius 2 is 1.00 bits per heavy atom. The van der Waals surface area contributed by atoms with E-state index in [2.05, 4.69) is 174 Å². The van der Waals surface area contributed by atoms with Crippen molar-refractivity contribution >= 4 is 54.1 Å². The van der Waals surface area contributed by atoms with Gasteiger partial charge in [-0.3, -0.25) is 4.57 Å². The molecular formula is C45H28N2. The quantitative estimate of drug-likeness (QED) is 0.185. The van der Waals surface area contributed by atoms with Crippen molar-refractivity contribution < 1.29 is 0 Å². The Morgan fingerprint density at radius 3 is 1.83 bits per heavy atom. The number of fused-ring (bicyclic) bond motifs is 2. The first kappa shape index (κ1) is 26.0. The van der Waals surface area contributed by atoms with Crippen LogP contribution < -0.4 is 0 Å². The lowest BCUT2D eigenvalue weighted by molar-refractivity contribution is 1.10. The number of benzene rings is 9. The molecule has 0 radical (unpaired) electrons. The zero-order valence-corrected chi connectivity index (χ0v) is 25.6. The van der Waals surface area contributed by atoms with Crippen LogP contribution in [0.5, 0.6) is 0 Å². The Kier molecular flexibility index (Phi) is 5.61. The van der Waals surface area contributed by atoms with E-state index in [0.717, 1.165) is 33.7 Å². The van der Waals surface area contributed by atoms with E-state index in [4.69, 9.17) is 4.98 Å². The summed E-state index contributed by atoms with van der Waals surface area (Å²) < 4.78 is 2.29. The molecule has 1 aromatic heterocycles. The molecule has 1 heterocycles. The smallest absolute Gasteiger partial charge is 0.145 e. The fourth-order valence-corrected chi connectivity index (χ4v) is 7.45. The fourth-order valence-electron chi connectivity index (χ4n) is 7.45. The van der Waals surface area contributed by atoms with E-state index in [-0.39, 0.29) is 0 Å². The molecule has 0 bridgehead atoms. The van der Waals surface area contributed by atoms with E-state index < -0.39 is 0 Å². The average molecular weight is 597 g/mol. The molecule has 10 aromatic rings. The number of rotatable bonds is 4. The molecule has 0 spiro atoms. The summed E-state index contributed by atoms with van der Waals surface area (Å²) in [7, 11) is 0. The standard InChI is InChI=1S/C45H28N2/c1-2-8-34(9-3-1)45-46-41-28-37(36-16-13-29-7-4-5-10-35(29)27-36)21-26-42(41)47(45)38-22-17-30(18-23-38)39-24-19-33-15-14-31-11-6-12-32-20-25-40(39)44(33)43(31)32/h1-28H. The SMILES string of the molecule is c1ccc(-c2nc3cc(-c4ccc5ccccc5c4)ccc3n2-c2ccc(-c3ccc4ccc5cccc6ccc3c4c56)cc2)cc1. The summed E-state index contributed by atoms with van der Waals surface area (Å²) in [6.07, 6.45) is 0. The van der Waals surface area contributed by atoms with Crippen molar-refractivity contribution in [2.24, 2.45) is 0 Å². The highest BCUT2D eigenvalue weighted by Gasteiger charge is 2.17. The van der Waals surface area contributed by atoms with Crippen LogP contribution in [0.25, 0.3) is 93.5 Å². The molecule has 218 valence electrons. The van der Waals surface area contributed by atoms with Crippen LogP contribution in [0.1, 0.15) is 0 Å². The molecule has 2 nitrogen and oxygen atoms in total. The van der Waals surface area contributed by atoms with E-state index in [1.807, 2.05) is 0 Å². The second-order valence-electron chi connectivity index (χ2n) is 12.4. The highest BCUT2D eigenvalue weighted by Crippen LogP contribution is 2.40. The lowest BCUT2D eigenvalue weighted by atomic mass is 9.90. The lowest BCUT2D eigenvalue weighted by Crippen LogP contribution is -1.97. The van der Waals surface area contributed by atoms with Crippen LogP contribution in [0, 0.1) is 0 Å². The van der Waals surface area contributed by atoms with Crippen molar-refractivity contribution in [1.29, 1.82) is 0 Å². The minimum absolute atomic E-state index is 0.937. The summed E-state index contributed by atoms with van der Waals surface area (Å²) >= 11 is 0. The Balaban J connectivity index is 1.11. The van der Waals surface area contributed by atoms with Crippen LogP contribution in [0.3, 0.4) is 0 Å². The minimum atomic E-state index is 0.937. The van der Waals surface area contributed by atoms with Crippen molar-refractivity contribution in [3.63, 3.8) is 0 Å². The second kappa shape index (κ2) is 10.1. The second-order valence-corrected chi connectivity index (χ2v) is 12.4. The van der Waals surface area contributed by atoms with Crippen molar-refractivity contribution in [2.75, 3.05) is 0 Å². The van der Waals surface area contributed by atoms with Gasteiger partial charge in [0.25, 0.3) is 0 Å². The van der Waals surface area contributed by atoms with Crippen LogP contribution >= 0.6 is 0 Å². The predicted molar refractivity (Wildman–Crippen MR) is 199 cm³/mol. The number of nitrogens with zero attached hydrogens (tertiary/aromatic N) is 2. The van der Waals surface area contributed by atoms with Crippen LogP contribution in [0.15, 0.2) is 170 Å². The zero-order valence-electron chi connectivity index (χ0n) is 25.6. The van der Waals surface area contributed by atoms with Gasteiger partial charge in [-0.25, -0.2) is 4.98 Å². The maximum absolute atomic E-state index is 5.24. The third kappa shape index (κ3) is 4.09. The summed E-state index contributed by atoms with van der Waals surface area (Å²) in [6.45, 7) is 0. The van der Waals surface area contributed by atoms with Crippen molar-refractivity contribution in [3.05, 3.63) is 170 Å². The molecule has 0 atom stereocenters. The summed E-state index contributed by atoms with van der Waals surface area (Å²) in [5, 5.41) is 10.3. The molecule has 0 aliphatic rings. The normalized spacial score (nSPS) is 11.8. The van der Waals surface area contributed by atoms with E-state index in [1.165, 1.54) is 59.8 Å². The molecule has 0 fully saturated rings. The maximum atomic E-state index is 5.24. The number of imidazole rings is 1. The highest BCUT2D eigenvalue weighted by atomic mass is 15.1. The van der Waals surface area contributed by atoms with Crippen molar-refractivity contribution in [3.8, 4) is 39.3 Å². The van der Waals surface area contributed by atoms with Crippen molar-refractivity contribution in [1.82, 2.24) is 9.55 Å². The first-order valence-electron chi connectivity index (χ1n) is 16.1. The topological polar surface area (TPSA) is 17.8 Å². The summed E-state index contributed by atoms with van der Waals surface area (Å²) in [5.41, 5.74) is 9.06. The molecule has 0 amide bonds. The van der Waals surface area contributed by atoms with Crippen molar-refractivity contribution in [2.45, 2.75) is 0 Å². The number of hydrogen-bond acceptors (Lipinski definition) is 1. The Morgan fingerprint density at radius 1 is 0.383 bits per heavy atom. The summed E-state index contributed by atoms with van der Waals surface area (Å²) in [6, 6.07) is 61.5. The molecular weight excluding hydrogens is 569 g/mol. The molecule has 47 heavy (non-hydrogen) atoms. The Bertz CT molecular complexity index is 2760. The van der Waals surface area contributed by atoms with Gasteiger partial charge in [-0.15, -0.1) is 0 Å².